The van der Waals surface area contributed by atoms with Crippen LogP contribution in [-0.2, 0) is 11.2 Å². The zero-order valence-electron chi connectivity index (χ0n) is 14.5. The Morgan fingerprint density at radius 2 is 2.21 bits per heavy atom. The Bertz CT molecular complexity index is 813. The minimum Gasteiger partial charge on any atom is -0.353 e. The Balaban J connectivity index is 1.84. The van der Waals surface area contributed by atoms with E-state index in [2.05, 4.69) is 22.1 Å². The van der Waals surface area contributed by atoms with Gasteiger partial charge in [0.15, 0.2) is 4.96 Å². The van der Waals surface area contributed by atoms with Crippen LogP contribution in [0.4, 0.5) is 0 Å². The van der Waals surface area contributed by atoms with Gasteiger partial charge in [-0.15, -0.1) is 11.3 Å². The molecule has 2 aromatic rings. The molecule has 24 heavy (non-hydrogen) atoms. The quantitative estimate of drug-likeness (QED) is 0.891. The molecule has 3 rings (SSSR count). The van der Waals surface area contributed by atoms with Gasteiger partial charge in [0.2, 0.25) is 5.91 Å². The second-order valence-electron chi connectivity index (χ2n) is 6.55. The van der Waals surface area contributed by atoms with E-state index in [0.29, 0.717) is 19.5 Å². The number of carbonyl (C=O) groups excluding carboxylic acids is 1. The molecule has 7 heteroatoms. The van der Waals surface area contributed by atoms with Crippen molar-refractivity contribution >= 4 is 22.2 Å². The molecule has 130 valence electrons. The van der Waals surface area contributed by atoms with Gasteiger partial charge in [-0.2, -0.15) is 0 Å². The van der Waals surface area contributed by atoms with Crippen molar-refractivity contribution < 1.29 is 4.79 Å². The van der Waals surface area contributed by atoms with Gasteiger partial charge >= 0.3 is 0 Å². The lowest BCUT2D eigenvalue weighted by atomic mass is 9.90. The molecule has 0 saturated carbocycles. The number of amides is 1. The summed E-state index contributed by atoms with van der Waals surface area (Å²) in [6, 6.07) is 0. The van der Waals surface area contributed by atoms with Gasteiger partial charge in [0.05, 0.1) is 5.54 Å². The highest BCUT2D eigenvalue weighted by Crippen LogP contribution is 2.24. The summed E-state index contributed by atoms with van der Waals surface area (Å²) in [5.41, 5.74) is 1.06. The molecule has 1 N–H and O–H groups in total. The SMILES string of the molecule is CCCC1(C)C(=O)NCCN1CCc1c(C)nc2sccn2c1=O. The average molecular weight is 348 g/mol. The number of piperazine rings is 1. The van der Waals surface area contributed by atoms with Crippen molar-refractivity contribution in [1.82, 2.24) is 19.6 Å². The summed E-state index contributed by atoms with van der Waals surface area (Å²) in [4.78, 5) is 32.5. The van der Waals surface area contributed by atoms with Gasteiger partial charge in [0.25, 0.3) is 5.56 Å². The highest BCUT2D eigenvalue weighted by molar-refractivity contribution is 7.15. The third-order valence-electron chi connectivity index (χ3n) is 4.99. The van der Waals surface area contributed by atoms with Crippen LogP contribution in [0, 0.1) is 6.92 Å². The Labute approximate surface area is 145 Å². The van der Waals surface area contributed by atoms with Gasteiger partial charge in [0, 0.05) is 42.5 Å². The molecular formula is C17H24N4O2S. The molecular weight excluding hydrogens is 324 g/mol. The van der Waals surface area contributed by atoms with Crippen molar-refractivity contribution in [3.8, 4) is 0 Å². The monoisotopic (exact) mass is 348 g/mol. The maximum Gasteiger partial charge on any atom is 0.261 e. The standard InChI is InChI=1S/C17H24N4O2S/c1-4-6-17(3)15(23)18-7-9-20(17)8-5-13-12(2)19-16-21(14(13)22)10-11-24-16/h10-11H,4-9H2,1-3H3,(H,18,23). The molecule has 2 aromatic heterocycles. The van der Waals surface area contributed by atoms with Crippen molar-refractivity contribution in [2.24, 2.45) is 0 Å². The summed E-state index contributed by atoms with van der Waals surface area (Å²) in [6.07, 6.45) is 4.15. The van der Waals surface area contributed by atoms with E-state index in [1.54, 1.807) is 10.6 Å². The summed E-state index contributed by atoms with van der Waals surface area (Å²) in [5.74, 6) is 0.0930. The molecule has 1 amide bonds. The molecule has 0 aliphatic carbocycles. The van der Waals surface area contributed by atoms with E-state index in [1.807, 2.05) is 19.2 Å². The number of rotatable bonds is 5. The van der Waals surface area contributed by atoms with Crippen LogP contribution in [0.1, 0.15) is 37.9 Å². The number of aryl methyl sites for hydroxylation is 1. The number of hydrogen-bond donors (Lipinski definition) is 1. The number of nitrogens with one attached hydrogen (secondary N) is 1. The van der Waals surface area contributed by atoms with Crippen LogP contribution in [0.5, 0.6) is 0 Å². The number of nitrogens with zero attached hydrogens (tertiary/aromatic N) is 3. The molecule has 6 nitrogen and oxygen atoms in total. The average Bonchev–Trinajstić information content (AvgIpc) is 3.00. The lowest BCUT2D eigenvalue weighted by Gasteiger charge is -2.43. The van der Waals surface area contributed by atoms with E-state index >= 15 is 0 Å². The lowest BCUT2D eigenvalue weighted by molar-refractivity contribution is -0.136. The van der Waals surface area contributed by atoms with Gasteiger partial charge in [0.1, 0.15) is 0 Å². The molecule has 0 aromatic carbocycles. The van der Waals surface area contributed by atoms with Crippen molar-refractivity contribution in [3.05, 3.63) is 33.2 Å². The van der Waals surface area contributed by atoms with E-state index in [4.69, 9.17) is 0 Å². The van der Waals surface area contributed by atoms with Crippen molar-refractivity contribution in [2.45, 2.75) is 45.6 Å². The Kier molecular flexibility index (Phi) is 4.73. The van der Waals surface area contributed by atoms with E-state index in [-0.39, 0.29) is 11.5 Å². The van der Waals surface area contributed by atoms with Crippen LogP contribution in [0.15, 0.2) is 16.4 Å². The summed E-state index contributed by atoms with van der Waals surface area (Å²) in [7, 11) is 0. The Morgan fingerprint density at radius 1 is 1.42 bits per heavy atom. The topological polar surface area (TPSA) is 66.7 Å². The number of thiazole rings is 1. The second-order valence-corrected chi connectivity index (χ2v) is 7.43. The van der Waals surface area contributed by atoms with E-state index < -0.39 is 5.54 Å². The van der Waals surface area contributed by atoms with Crippen LogP contribution in [0.3, 0.4) is 0 Å². The molecule has 1 aliphatic heterocycles. The number of hydrogen-bond acceptors (Lipinski definition) is 5. The minimum atomic E-state index is -0.489. The molecule has 1 unspecified atom stereocenters. The fourth-order valence-corrected chi connectivity index (χ4v) is 4.31. The molecule has 0 bridgehead atoms. The highest BCUT2D eigenvalue weighted by Gasteiger charge is 2.40. The zero-order valence-corrected chi connectivity index (χ0v) is 15.3. The third kappa shape index (κ3) is 2.86. The number of fused-ring (bicyclic) bond motifs is 1. The molecule has 1 aliphatic rings. The minimum absolute atomic E-state index is 0.0115. The van der Waals surface area contributed by atoms with E-state index in [9.17, 15) is 9.59 Å². The van der Waals surface area contributed by atoms with E-state index in [0.717, 1.165) is 35.6 Å². The summed E-state index contributed by atoms with van der Waals surface area (Å²) in [5, 5.41) is 4.85. The largest absolute Gasteiger partial charge is 0.353 e. The Morgan fingerprint density at radius 3 is 2.96 bits per heavy atom. The van der Waals surface area contributed by atoms with Crippen LogP contribution in [0.2, 0.25) is 0 Å². The third-order valence-corrected chi connectivity index (χ3v) is 5.75. The first-order chi connectivity index (χ1) is 11.5. The van der Waals surface area contributed by atoms with Crippen molar-refractivity contribution in [2.75, 3.05) is 19.6 Å². The molecule has 0 spiro atoms. The number of aromatic nitrogens is 2. The first-order valence-corrected chi connectivity index (χ1v) is 9.34. The summed E-state index contributed by atoms with van der Waals surface area (Å²) in [6.45, 7) is 8.17. The van der Waals surface area contributed by atoms with Crippen LogP contribution < -0.4 is 10.9 Å². The van der Waals surface area contributed by atoms with Crippen molar-refractivity contribution in [1.29, 1.82) is 0 Å². The molecule has 1 atom stereocenters. The first-order valence-electron chi connectivity index (χ1n) is 8.46. The summed E-state index contributed by atoms with van der Waals surface area (Å²) < 4.78 is 1.61. The van der Waals surface area contributed by atoms with Crippen LogP contribution >= 0.6 is 11.3 Å². The molecule has 0 radical (unpaired) electrons. The maximum absolute atomic E-state index is 12.7. The lowest BCUT2D eigenvalue weighted by Crippen LogP contribution is -2.63. The number of carbonyl (C=O) groups is 1. The molecule has 3 heterocycles. The fraction of sp³-hybridized carbons (Fsp3) is 0.588. The smallest absolute Gasteiger partial charge is 0.261 e. The van der Waals surface area contributed by atoms with Crippen molar-refractivity contribution in [3.63, 3.8) is 0 Å². The van der Waals surface area contributed by atoms with Gasteiger partial charge in [-0.05, 0) is 26.7 Å². The van der Waals surface area contributed by atoms with Gasteiger partial charge < -0.3 is 5.32 Å². The van der Waals surface area contributed by atoms with Gasteiger partial charge in [-0.3, -0.25) is 18.9 Å². The second kappa shape index (κ2) is 6.64. The zero-order chi connectivity index (χ0) is 17.3. The van der Waals surface area contributed by atoms with Crippen LogP contribution in [-0.4, -0.2) is 45.4 Å². The first kappa shape index (κ1) is 17.1. The predicted molar refractivity (Wildman–Crippen MR) is 95.7 cm³/mol. The predicted octanol–water partition coefficient (Wildman–Crippen LogP) is 1.60. The normalized spacial score (nSPS) is 22.0. The molecule has 1 fully saturated rings. The van der Waals surface area contributed by atoms with Gasteiger partial charge in [-0.1, -0.05) is 13.3 Å². The van der Waals surface area contributed by atoms with E-state index in [1.165, 1.54) is 11.3 Å². The maximum atomic E-state index is 12.7. The Hall–Kier alpha value is -1.73. The molecule has 1 saturated heterocycles. The van der Waals surface area contributed by atoms with Crippen LogP contribution in [0.25, 0.3) is 4.96 Å². The fourth-order valence-electron chi connectivity index (χ4n) is 3.56. The highest BCUT2D eigenvalue weighted by atomic mass is 32.1. The summed E-state index contributed by atoms with van der Waals surface area (Å²) >= 11 is 1.47. The van der Waals surface area contributed by atoms with Gasteiger partial charge in [-0.25, -0.2) is 4.98 Å².